The van der Waals surface area contributed by atoms with Crippen LogP contribution >= 0.6 is 15.9 Å². The van der Waals surface area contributed by atoms with Gasteiger partial charge in [0.1, 0.15) is 30.0 Å². The Labute approximate surface area is 170 Å². The first-order valence-electron chi connectivity index (χ1n) is 8.37. The fourth-order valence-corrected chi connectivity index (χ4v) is 2.99. The normalized spacial score (nSPS) is 11.0. The third kappa shape index (κ3) is 3.92. The Kier molecular flexibility index (Phi) is 4.93. The molecule has 146 valence electrons. The highest BCUT2D eigenvalue weighted by Gasteiger charge is 2.14. The van der Waals surface area contributed by atoms with E-state index in [-0.39, 0.29) is 11.2 Å². The zero-order valence-corrected chi connectivity index (χ0v) is 16.2. The largest absolute Gasteiger partial charge is 0.322 e. The number of rotatable bonds is 4. The van der Waals surface area contributed by atoms with Gasteiger partial charge in [-0.3, -0.25) is 9.59 Å². The van der Waals surface area contributed by atoms with Crippen LogP contribution in [0.4, 0.5) is 14.5 Å². The van der Waals surface area contributed by atoms with Crippen molar-refractivity contribution in [3.05, 3.63) is 81.3 Å². The maximum Gasteiger partial charge on any atom is 0.293 e. The Balaban J connectivity index is 1.59. The molecule has 4 aromatic rings. The molecule has 2 aromatic heterocycles. The molecule has 7 nitrogen and oxygen atoms in total. The minimum atomic E-state index is -0.913. The Morgan fingerprint density at radius 2 is 1.86 bits per heavy atom. The van der Waals surface area contributed by atoms with Crippen molar-refractivity contribution in [2.45, 2.75) is 6.54 Å². The highest BCUT2D eigenvalue weighted by molar-refractivity contribution is 9.10. The molecule has 1 N–H and O–H groups in total. The van der Waals surface area contributed by atoms with Crippen molar-refractivity contribution in [2.24, 2.45) is 0 Å². The first-order valence-corrected chi connectivity index (χ1v) is 9.16. The lowest BCUT2D eigenvalue weighted by Crippen LogP contribution is -2.30. The van der Waals surface area contributed by atoms with Crippen LogP contribution in [0, 0.1) is 11.6 Å². The molecule has 0 atom stereocenters. The fourth-order valence-electron chi connectivity index (χ4n) is 2.73. The number of carbonyl (C=O) groups excluding carboxylic acids is 1. The second-order valence-corrected chi connectivity index (χ2v) is 7.05. The van der Waals surface area contributed by atoms with Crippen molar-refractivity contribution in [2.75, 3.05) is 5.32 Å². The third-order valence-corrected chi connectivity index (χ3v) is 4.66. The van der Waals surface area contributed by atoms with Gasteiger partial charge in [0.2, 0.25) is 5.91 Å². The zero-order valence-electron chi connectivity index (χ0n) is 14.6. The van der Waals surface area contributed by atoms with Gasteiger partial charge in [0.15, 0.2) is 0 Å². The molecule has 10 heteroatoms. The van der Waals surface area contributed by atoms with E-state index in [0.29, 0.717) is 11.8 Å². The summed E-state index contributed by atoms with van der Waals surface area (Å²) >= 11 is 3.36. The molecule has 0 radical (unpaired) electrons. The van der Waals surface area contributed by atoms with Crippen molar-refractivity contribution in [3.63, 3.8) is 0 Å². The SMILES string of the molecule is O=C(Cn1ncn2nc(-c3ccc(Br)cc3)cc2c1=O)Nc1ccc(F)cc1F. The number of halogens is 3. The molecular formula is C19H12BrF2N5O2. The van der Waals surface area contributed by atoms with E-state index >= 15 is 0 Å². The number of carbonyl (C=O) groups is 1. The van der Waals surface area contributed by atoms with E-state index in [1.807, 2.05) is 24.3 Å². The fraction of sp³-hybridized carbons (Fsp3) is 0.0526. The van der Waals surface area contributed by atoms with Crippen molar-refractivity contribution in [1.82, 2.24) is 19.4 Å². The average Bonchev–Trinajstić information content (AvgIpc) is 3.12. The summed E-state index contributed by atoms with van der Waals surface area (Å²) in [6.45, 7) is -0.440. The Morgan fingerprint density at radius 3 is 2.59 bits per heavy atom. The van der Waals surface area contributed by atoms with Crippen molar-refractivity contribution in [3.8, 4) is 11.3 Å². The number of benzene rings is 2. The van der Waals surface area contributed by atoms with Gasteiger partial charge in [-0.1, -0.05) is 28.1 Å². The lowest BCUT2D eigenvalue weighted by Gasteiger charge is -2.07. The molecule has 0 saturated carbocycles. The lowest BCUT2D eigenvalue weighted by molar-refractivity contribution is -0.117. The zero-order chi connectivity index (χ0) is 20.5. The highest BCUT2D eigenvalue weighted by atomic mass is 79.9. The second kappa shape index (κ2) is 7.55. The highest BCUT2D eigenvalue weighted by Crippen LogP contribution is 2.21. The van der Waals surface area contributed by atoms with Gasteiger partial charge in [0, 0.05) is 16.1 Å². The molecule has 0 aliphatic heterocycles. The molecule has 2 heterocycles. The number of nitrogens with one attached hydrogen (secondary N) is 1. The summed E-state index contributed by atoms with van der Waals surface area (Å²) in [5.41, 5.74) is 0.906. The number of fused-ring (bicyclic) bond motifs is 1. The second-order valence-electron chi connectivity index (χ2n) is 6.13. The van der Waals surface area contributed by atoms with Crippen molar-refractivity contribution >= 4 is 33.0 Å². The standard InChI is InChI=1S/C19H12BrF2N5O2/c20-12-3-1-11(2-4-12)16-8-17-19(29)26(23-10-27(17)25-16)9-18(28)24-15-6-5-13(21)7-14(15)22/h1-8,10H,9H2,(H,24,28). The smallest absolute Gasteiger partial charge is 0.293 e. The molecule has 0 fully saturated rings. The third-order valence-electron chi connectivity index (χ3n) is 4.13. The van der Waals surface area contributed by atoms with Gasteiger partial charge in [-0.15, -0.1) is 0 Å². The molecule has 1 amide bonds. The van der Waals surface area contributed by atoms with E-state index in [2.05, 4.69) is 31.4 Å². The number of nitrogens with zero attached hydrogens (tertiary/aromatic N) is 4. The molecule has 2 aromatic carbocycles. The van der Waals surface area contributed by atoms with Gasteiger partial charge in [0.05, 0.1) is 11.4 Å². The summed E-state index contributed by atoms with van der Waals surface area (Å²) in [4.78, 5) is 24.8. The van der Waals surface area contributed by atoms with E-state index in [4.69, 9.17) is 0 Å². The first kappa shape index (κ1) is 18.9. The maximum atomic E-state index is 13.7. The topological polar surface area (TPSA) is 81.3 Å². The van der Waals surface area contributed by atoms with E-state index in [9.17, 15) is 18.4 Å². The first-order chi connectivity index (χ1) is 13.9. The molecule has 0 unspecified atom stereocenters. The number of hydrogen-bond donors (Lipinski definition) is 1. The lowest BCUT2D eigenvalue weighted by atomic mass is 10.1. The Morgan fingerprint density at radius 1 is 1.10 bits per heavy atom. The summed E-state index contributed by atoms with van der Waals surface area (Å²) in [5, 5.41) is 10.5. The van der Waals surface area contributed by atoms with Gasteiger partial charge < -0.3 is 5.32 Å². The van der Waals surface area contributed by atoms with E-state index < -0.39 is 29.6 Å². The van der Waals surface area contributed by atoms with Gasteiger partial charge in [-0.25, -0.2) is 18.0 Å². The minimum Gasteiger partial charge on any atom is -0.322 e. The van der Waals surface area contributed by atoms with Crippen LogP contribution in [0.2, 0.25) is 0 Å². The van der Waals surface area contributed by atoms with Crippen molar-refractivity contribution in [1.29, 1.82) is 0 Å². The molecule has 29 heavy (non-hydrogen) atoms. The Hall–Kier alpha value is -3.40. The van der Waals surface area contributed by atoms with Gasteiger partial charge >= 0.3 is 0 Å². The van der Waals surface area contributed by atoms with Crippen LogP contribution in [-0.4, -0.2) is 25.3 Å². The predicted octanol–water partition coefficient (Wildman–Crippen LogP) is 3.24. The molecule has 0 saturated heterocycles. The molecule has 0 spiro atoms. The average molecular weight is 460 g/mol. The predicted molar refractivity (Wildman–Crippen MR) is 105 cm³/mol. The van der Waals surface area contributed by atoms with Crippen LogP contribution < -0.4 is 10.9 Å². The van der Waals surface area contributed by atoms with Crippen LogP contribution in [0.5, 0.6) is 0 Å². The van der Waals surface area contributed by atoms with Crippen LogP contribution in [0.1, 0.15) is 0 Å². The van der Waals surface area contributed by atoms with E-state index in [1.54, 1.807) is 6.07 Å². The van der Waals surface area contributed by atoms with Gasteiger partial charge in [-0.2, -0.15) is 10.2 Å². The number of amides is 1. The number of aromatic nitrogens is 4. The van der Waals surface area contributed by atoms with Crippen LogP contribution in [0.15, 0.2) is 64.1 Å². The van der Waals surface area contributed by atoms with Crippen molar-refractivity contribution < 1.29 is 13.6 Å². The Bertz CT molecular complexity index is 1280. The van der Waals surface area contributed by atoms with Crippen LogP contribution in [0.25, 0.3) is 16.8 Å². The van der Waals surface area contributed by atoms with Crippen LogP contribution in [-0.2, 0) is 11.3 Å². The summed E-state index contributed by atoms with van der Waals surface area (Å²) in [5.74, 6) is -2.35. The van der Waals surface area contributed by atoms with Gasteiger partial charge in [-0.05, 0) is 30.3 Å². The summed E-state index contributed by atoms with van der Waals surface area (Å²) in [6, 6.07) is 11.8. The summed E-state index contributed by atoms with van der Waals surface area (Å²) in [7, 11) is 0. The van der Waals surface area contributed by atoms with E-state index in [1.165, 1.54) is 10.8 Å². The summed E-state index contributed by atoms with van der Waals surface area (Å²) in [6.07, 6.45) is 1.31. The minimum absolute atomic E-state index is 0.188. The number of hydrogen-bond acceptors (Lipinski definition) is 4. The van der Waals surface area contributed by atoms with Crippen LogP contribution in [0.3, 0.4) is 0 Å². The maximum absolute atomic E-state index is 13.7. The molecular weight excluding hydrogens is 448 g/mol. The monoisotopic (exact) mass is 459 g/mol. The molecule has 0 bridgehead atoms. The molecule has 0 aliphatic carbocycles. The summed E-state index contributed by atoms with van der Waals surface area (Å²) < 4.78 is 29.8. The molecule has 0 aliphatic rings. The quantitative estimate of drug-likeness (QED) is 0.507. The number of anilines is 1. The van der Waals surface area contributed by atoms with Gasteiger partial charge in [0.25, 0.3) is 5.56 Å². The molecule has 4 rings (SSSR count). The van der Waals surface area contributed by atoms with E-state index in [0.717, 1.165) is 26.9 Å².